The van der Waals surface area contributed by atoms with Gasteiger partial charge in [-0.2, -0.15) is 0 Å². The molecule has 1 aromatic rings. The lowest BCUT2D eigenvalue weighted by molar-refractivity contribution is -0.122. The molecular formula is C14H20N2O4S. The van der Waals surface area contributed by atoms with E-state index in [1.165, 1.54) is 0 Å². The maximum absolute atomic E-state index is 11.9. The molecule has 0 aromatic carbocycles. The summed E-state index contributed by atoms with van der Waals surface area (Å²) in [7, 11) is -2.93. The molecule has 21 heavy (non-hydrogen) atoms. The van der Waals surface area contributed by atoms with Crippen LogP contribution in [0.3, 0.4) is 0 Å². The van der Waals surface area contributed by atoms with Gasteiger partial charge in [0.25, 0.3) is 0 Å². The molecule has 0 bridgehead atoms. The summed E-state index contributed by atoms with van der Waals surface area (Å²) in [5, 5.41) is 2.80. The molecule has 1 aliphatic heterocycles. The third-order valence-electron chi connectivity index (χ3n) is 3.41. The Morgan fingerprint density at radius 1 is 1.52 bits per heavy atom. The van der Waals surface area contributed by atoms with Crippen molar-refractivity contribution >= 4 is 15.7 Å². The van der Waals surface area contributed by atoms with Crippen LogP contribution in [0.2, 0.25) is 0 Å². The number of ether oxygens (including phenoxy) is 1. The lowest BCUT2D eigenvalue weighted by atomic mass is 10.1. The zero-order chi connectivity index (χ0) is 15.3. The molecule has 1 N–H and O–H groups in total. The molecule has 2 heterocycles. The van der Waals surface area contributed by atoms with Crippen molar-refractivity contribution in [1.29, 1.82) is 0 Å². The average molecular weight is 312 g/mol. The van der Waals surface area contributed by atoms with E-state index in [0.717, 1.165) is 5.56 Å². The predicted molar refractivity (Wildman–Crippen MR) is 78.6 cm³/mol. The number of sulfone groups is 1. The van der Waals surface area contributed by atoms with Gasteiger partial charge >= 0.3 is 0 Å². The summed E-state index contributed by atoms with van der Waals surface area (Å²) in [5.74, 6) is 0.641. The number of aromatic nitrogens is 1. The molecule has 0 aliphatic carbocycles. The van der Waals surface area contributed by atoms with E-state index in [4.69, 9.17) is 4.74 Å². The van der Waals surface area contributed by atoms with Gasteiger partial charge in [0.15, 0.2) is 9.84 Å². The van der Waals surface area contributed by atoms with E-state index in [1.807, 2.05) is 13.0 Å². The number of nitrogens with zero attached hydrogens (tertiary/aromatic N) is 1. The molecule has 1 unspecified atom stereocenters. The zero-order valence-electron chi connectivity index (χ0n) is 12.0. The minimum atomic E-state index is -2.93. The second kappa shape index (κ2) is 6.89. The summed E-state index contributed by atoms with van der Waals surface area (Å²) in [6.07, 6.45) is 2.47. The molecular weight excluding hydrogens is 292 g/mol. The lowest BCUT2D eigenvalue weighted by Gasteiger charge is -2.11. The number of nitrogens with one attached hydrogen (secondary N) is 1. The Labute approximate surface area is 124 Å². The fourth-order valence-electron chi connectivity index (χ4n) is 2.39. The van der Waals surface area contributed by atoms with Gasteiger partial charge in [-0.1, -0.05) is 6.07 Å². The highest BCUT2D eigenvalue weighted by molar-refractivity contribution is 7.91. The van der Waals surface area contributed by atoms with Gasteiger partial charge in [-0.3, -0.25) is 4.79 Å². The van der Waals surface area contributed by atoms with Gasteiger partial charge in [0.2, 0.25) is 11.8 Å². The summed E-state index contributed by atoms with van der Waals surface area (Å²) in [6.45, 7) is 2.72. The van der Waals surface area contributed by atoms with E-state index in [2.05, 4.69) is 10.3 Å². The Morgan fingerprint density at radius 2 is 2.33 bits per heavy atom. The van der Waals surface area contributed by atoms with Crippen molar-refractivity contribution in [2.24, 2.45) is 5.92 Å². The van der Waals surface area contributed by atoms with Gasteiger partial charge in [-0.15, -0.1) is 0 Å². The number of rotatable bonds is 6. The minimum Gasteiger partial charge on any atom is -0.478 e. The number of carbonyl (C=O) groups is 1. The molecule has 7 heteroatoms. The molecule has 0 radical (unpaired) electrons. The van der Waals surface area contributed by atoms with Crippen molar-refractivity contribution in [2.45, 2.75) is 26.3 Å². The molecule has 1 fully saturated rings. The molecule has 1 aromatic heterocycles. The van der Waals surface area contributed by atoms with Crippen molar-refractivity contribution in [3.05, 3.63) is 23.9 Å². The SMILES string of the molecule is CCOc1ncccc1CNC(=O)CC1CCS(=O)(=O)C1. The van der Waals surface area contributed by atoms with Crippen LogP contribution >= 0.6 is 0 Å². The molecule has 0 saturated carbocycles. The predicted octanol–water partition coefficient (Wildman–Crippen LogP) is 0.921. The van der Waals surface area contributed by atoms with Crippen molar-refractivity contribution < 1.29 is 17.9 Å². The summed E-state index contributed by atoms with van der Waals surface area (Å²) in [6, 6.07) is 3.63. The lowest BCUT2D eigenvalue weighted by Crippen LogP contribution is -2.25. The van der Waals surface area contributed by atoms with E-state index < -0.39 is 9.84 Å². The molecule has 1 aliphatic rings. The summed E-state index contributed by atoms with van der Waals surface area (Å²) < 4.78 is 28.1. The standard InChI is InChI=1S/C14H20N2O4S/c1-2-20-14-12(4-3-6-15-14)9-16-13(17)8-11-5-7-21(18,19)10-11/h3-4,6,11H,2,5,7-10H2,1H3,(H,16,17). The van der Waals surface area contributed by atoms with Crippen LogP contribution in [0.5, 0.6) is 5.88 Å². The Bertz CT molecular complexity index is 601. The normalized spacial score (nSPS) is 20.1. The van der Waals surface area contributed by atoms with E-state index in [-0.39, 0.29) is 29.8 Å². The second-order valence-corrected chi connectivity index (χ2v) is 7.38. The molecule has 2 rings (SSSR count). The Kier molecular flexibility index (Phi) is 5.17. The first-order valence-electron chi connectivity index (χ1n) is 7.04. The largest absolute Gasteiger partial charge is 0.478 e. The van der Waals surface area contributed by atoms with Crippen LogP contribution in [0.25, 0.3) is 0 Å². The van der Waals surface area contributed by atoms with Crippen molar-refractivity contribution in [3.8, 4) is 5.88 Å². The highest BCUT2D eigenvalue weighted by atomic mass is 32.2. The fourth-order valence-corrected chi connectivity index (χ4v) is 4.25. The number of hydrogen-bond donors (Lipinski definition) is 1. The first-order valence-corrected chi connectivity index (χ1v) is 8.86. The molecule has 116 valence electrons. The Morgan fingerprint density at radius 3 is 3.00 bits per heavy atom. The van der Waals surface area contributed by atoms with Crippen molar-refractivity contribution in [3.63, 3.8) is 0 Å². The van der Waals surface area contributed by atoms with Gasteiger partial charge in [-0.05, 0) is 25.3 Å². The highest BCUT2D eigenvalue weighted by Gasteiger charge is 2.29. The second-order valence-electron chi connectivity index (χ2n) is 5.15. The fraction of sp³-hybridized carbons (Fsp3) is 0.571. The molecule has 1 atom stereocenters. The maximum atomic E-state index is 11.9. The van der Waals surface area contributed by atoms with Crippen LogP contribution in [0.1, 0.15) is 25.3 Å². The van der Waals surface area contributed by atoms with E-state index >= 15 is 0 Å². The topological polar surface area (TPSA) is 85.4 Å². The van der Waals surface area contributed by atoms with Crippen LogP contribution in [0, 0.1) is 5.92 Å². The number of carbonyl (C=O) groups excluding carboxylic acids is 1. The first-order chi connectivity index (χ1) is 10.00. The van der Waals surface area contributed by atoms with Crippen molar-refractivity contribution in [1.82, 2.24) is 10.3 Å². The van der Waals surface area contributed by atoms with Crippen LogP contribution < -0.4 is 10.1 Å². The van der Waals surface area contributed by atoms with Gasteiger partial charge in [0.1, 0.15) is 0 Å². The van der Waals surface area contributed by atoms with Crippen LogP contribution in [0.4, 0.5) is 0 Å². The van der Waals surface area contributed by atoms with Gasteiger partial charge < -0.3 is 10.1 Å². The first kappa shape index (κ1) is 15.8. The number of pyridine rings is 1. The summed E-state index contributed by atoms with van der Waals surface area (Å²) in [5.41, 5.74) is 0.812. The summed E-state index contributed by atoms with van der Waals surface area (Å²) in [4.78, 5) is 16.0. The third-order valence-corrected chi connectivity index (χ3v) is 5.24. The van der Waals surface area contributed by atoms with Gasteiger partial charge in [-0.25, -0.2) is 13.4 Å². The van der Waals surface area contributed by atoms with Crippen LogP contribution in [0.15, 0.2) is 18.3 Å². The average Bonchev–Trinajstić information content (AvgIpc) is 2.77. The monoisotopic (exact) mass is 312 g/mol. The Hall–Kier alpha value is -1.63. The van der Waals surface area contributed by atoms with E-state index in [1.54, 1.807) is 12.3 Å². The summed E-state index contributed by atoms with van der Waals surface area (Å²) >= 11 is 0. The molecule has 1 amide bonds. The highest BCUT2D eigenvalue weighted by Crippen LogP contribution is 2.21. The quantitative estimate of drug-likeness (QED) is 0.844. The molecule has 6 nitrogen and oxygen atoms in total. The Balaban J connectivity index is 1.84. The maximum Gasteiger partial charge on any atom is 0.220 e. The molecule has 1 saturated heterocycles. The minimum absolute atomic E-state index is 0.0599. The van der Waals surface area contributed by atoms with Crippen LogP contribution in [-0.2, 0) is 21.2 Å². The van der Waals surface area contributed by atoms with E-state index in [0.29, 0.717) is 25.5 Å². The molecule has 0 spiro atoms. The van der Waals surface area contributed by atoms with Gasteiger partial charge in [0.05, 0.1) is 18.1 Å². The van der Waals surface area contributed by atoms with Crippen molar-refractivity contribution in [2.75, 3.05) is 18.1 Å². The van der Waals surface area contributed by atoms with E-state index in [9.17, 15) is 13.2 Å². The smallest absolute Gasteiger partial charge is 0.220 e. The zero-order valence-corrected chi connectivity index (χ0v) is 12.9. The number of hydrogen-bond acceptors (Lipinski definition) is 5. The van der Waals surface area contributed by atoms with Gasteiger partial charge in [0, 0.05) is 24.7 Å². The third kappa shape index (κ3) is 4.70. The number of amides is 1. The van der Waals surface area contributed by atoms with Crippen LogP contribution in [-0.4, -0.2) is 37.4 Å².